The highest BCUT2D eigenvalue weighted by Gasteiger charge is 2.25. The van der Waals surface area contributed by atoms with Crippen molar-refractivity contribution in [3.05, 3.63) is 36.2 Å². The Bertz CT molecular complexity index is 516. The third kappa shape index (κ3) is 2.94. The molecule has 19 heavy (non-hydrogen) atoms. The van der Waals surface area contributed by atoms with Gasteiger partial charge in [-0.15, -0.1) is 12.4 Å². The van der Waals surface area contributed by atoms with Gasteiger partial charge in [-0.1, -0.05) is 23.4 Å². The molecule has 0 radical (unpaired) electrons. The van der Waals surface area contributed by atoms with Crippen LogP contribution in [-0.2, 0) is 0 Å². The lowest BCUT2D eigenvalue weighted by Gasteiger charge is -2.30. The van der Waals surface area contributed by atoms with Crippen LogP contribution >= 0.6 is 12.4 Å². The molecule has 3 rings (SSSR count). The Morgan fingerprint density at radius 1 is 1.32 bits per heavy atom. The van der Waals surface area contributed by atoms with Gasteiger partial charge >= 0.3 is 0 Å². The summed E-state index contributed by atoms with van der Waals surface area (Å²) in [5.74, 6) is 1.34. The number of nitrogens with one attached hydrogen (secondary N) is 1. The minimum Gasteiger partial charge on any atom is -0.334 e. The van der Waals surface area contributed by atoms with E-state index in [9.17, 15) is 0 Å². The molecule has 102 valence electrons. The Balaban J connectivity index is 0.00000133. The predicted octanol–water partition coefficient (Wildman–Crippen LogP) is 1.73. The zero-order chi connectivity index (χ0) is 12.4. The number of aromatic nitrogens is 2. The van der Waals surface area contributed by atoms with Gasteiger partial charge in [-0.25, -0.2) is 0 Å². The third-order valence-corrected chi connectivity index (χ3v) is 3.27. The molecule has 1 N–H and O–H groups in total. The van der Waals surface area contributed by atoms with Gasteiger partial charge in [0.05, 0.1) is 6.04 Å². The van der Waals surface area contributed by atoms with E-state index in [-0.39, 0.29) is 18.4 Å². The maximum atomic E-state index is 5.34. The van der Waals surface area contributed by atoms with Gasteiger partial charge in [-0.05, 0) is 19.2 Å². The number of rotatable bonds is 2. The van der Waals surface area contributed by atoms with Crippen LogP contribution in [0.4, 0.5) is 0 Å². The number of hydrogen-bond donors (Lipinski definition) is 1. The van der Waals surface area contributed by atoms with Crippen molar-refractivity contribution < 1.29 is 4.52 Å². The lowest BCUT2D eigenvalue weighted by atomic mass is 10.2. The van der Waals surface area contributed by atoms with Crippen molar-refractivity contribution >= 4 is 12.4 Å². The lowest BCUT2D eigenvalue weighted by Crippen LogP contribution is -2.44. The topological polar surface area (TPSA) is 54.2 Å². The van der Waals surface area contributed by atoms with Gasteiger partial charge in [-0.3, -0.25) is 4.90 Å². The molecule has 1 saturated heterocycles. The first-order valence-corrected chi connectivity index (χ1v) is 6.14. The summed E-state index contributed by atoms with van der Waals surface area (Å²) >= 11 is 0. The standard InChI is InChI=1S/C13H16N4O.ClH/c1-17-8-7-14-9-11(17)12-15-13(18-16-12)10-5-3-2-4-6-10;/h2-6,11,14H,7-9H2,1H3;1H. The fraction of sp³-hybridized carbons (Fsp3) is 0.385. The van der Waals surface area contributed by atoms with Gasteiger partial charge in [0, 0.05) is 25.2 Å². The zero-order valence-corrected chi connectivity index (χ0v) is 11.6. The molecular weight excluding hydrogens is 264 g/mol. The largest absolute Gasteiger partial charge is 0.334 e. The summed E-state index contributed by atoms with van der Waals surface area (Å²) in [5, 5.41) is 7.45. The van der Waals surface area contributed by atoms with Crippen LogP contribution in [0.2, 0.25) is 0 Å². The molecule has 0 bridgehead atoms. The molecule has 2 aromatic rings. The second-order valence-electron chi connectivity index (χ2n) is 4.52. The van der Waals surface area contributed by atoms with E-state index in [1.165, 1.54) is 0 Å². The third-order valence-electron chi connectivity index (χ3n) is 3.27. The molecule has 1 aliphatic rings. The van der Waals surface area contributed by atoms with Crippen molar-refractivity contribution in [3.63, 3.8) is 0 Å². The van der Waals surface area contributed by atoms with Crippen LogP contribution in [0, 0.1) is 0 Å². The maximum absolute atomic E-state index is 5.34. The van der Waals surface area contributed by atoms with Crippen LogP contribution in [0.15, 0.2) is 34.9 Å². The molecule has 2 heterocycles. The monoisotopic (exact) mass is 280 g/mol. The number of likely N-dealkylation sites (N-methyl/N-ethyl adjacent to an activating group) is 1. The van der Waals surface area contributed by atoms with Crippen molar-refractivity contribution in [1.82, 2.24) is 20.4 Å². The highest BCUT2D eigenvalue weighted by molar-refractivity contribution is 5.85. The van der Waals surface area contributed by atoms with Gasteiger partial charge in [0.2, 0.25) is 0 Å². The van der Waals surface area contributed by atoms with E-state index in [4.69, 9.17) is 4.52 Å². The fourth-order valence-electron chi connectivity index (χ4n) is 2.16. The lowest BCUT2D eigenvalue weighted by molar-refractivity contribution is 0.190. The maximum Gasteiger partial charge on any atom is 0.257 e. The molecule has 1 atom stereocenters. The second-order valence-corrected chi connectivity index (χ2v) is 4.52. The Labute approximate surface area is 118 Å². The molecule has 1 aromatic carbocycles. The quantitative estimate of drug-likeness (QED) is 0.908. The van der Waals surface area contributed by atoms with E-state index in [0.29, 0.717) is 5.89 Å². The molecule has 1 aromatic heterocycles. The van der Waals surface area contributed by atoms with E-state index in [1.807, 2.05) is 30.3 Å². The van der Waals surface area contributed by atoms with Gasteiger partial charge in [-0.2, -0.15) is 4.98 Å². The number of halogens is 1. The minimum atomic E-state index is 0. The van der Waals surface area contributed by atoms with E-state index in [1.54, 1.807) is 0 Å². The Morgan fingerprint density at radius 2 is 2.11 bits per heavy atom. The van der Waals surface area contributed by atoms with Crippen LogP contribution in [0.25, 0.3) is 11.5 Å². The zero-order valence-electron chi connectivity index (χ0n) is 10.7. The van der Waals surface area contributed by atoms with Crippen LogP contribution < -0.4 is 5.32 Å². The number of nitrogens with zero attached hydrogens (tertiary/aromatic N) is 3. The summed E-state index contributed by atoms with van der Waals surface area (Å²) in [6.45, 7) is 2.88. The van der Waals surface area contributed by atoms with Gasteiger partial charge < -0.3 is 9.84 Å². The second kappa shape index (κ2) is 6.14. The van der Waals surface area contributed by atoms with Gasteiger partial charge in [0.25, 0.3) is 5.89 Å². The van der Waals surface area contributed by atoms with Crippen molar-refractivity contribution in [2.24, 2.45) is 0 Å². The van der Waals surface area contributed by atoms with E-state index >= 15 is 0 Å². The summed E-state index contributed by atoms with van der Waals surface area (Å²) in [6.07, 6.45) is 0. The number of piperazine rings is 1. The molecule has 0 saturated carbocycles. The van der Waals surface area contributed by atoms with Crippen molar-refractivity contribution in [2.75, 3.05) is 26.7 Å². The smallest absolute Gasteiger partial charge is 0.257 e. The highest BCUT2D eigenvalue weighted by Crippen LogP contribution is 2.22. The average Bonchev–Trinajstić information content (AvgIpc) is 2.90. The molecule has 6 heteroatoms. The van der Waals surface area contributed by atoms with Crippen molar-refractivity contribution in [2.45, 2.75) is 6.04 Å². The summed E-state index contributed by atoms with van der Waals surface area (Å²) < 4.78 is 5.34. The molecule has 1 unspecified atom stereocenters. The number of benzene rings is 1. The summed E-state index contributed by atoms with van der Waals surface area (Å²) in [7, 11) is 2.09. The van der Waals surface area contributed by atoms with Crippen LogP contribution in [0.3, 0.4) is 0 Å². The van der Waals surface area contributed by atoms with Crippen LogP contribution in [-0.4, -0.2) is 41.7 Å². The molecule has 0 amide bonds. The average molecular weight is 281 g/mol. The van der Waals surface area contributed by atoms with Gasteiger partial charge in [0.1, 0.15) is 0 Å². The van der Waals surface area contributed by atoms with Crippen molar-refractivity contribution in [3.8, 4) is 11.5 Å². The van der Waals surface area contributed by atoms with Crippen molar-refractivity contribution in [1.29, 1.82) is 0 Å². The molecule has 1 aliphatic heterocycles. The Hall–Kier alpha value is -1.43. The highest BCUT2D eigenvalue weighted by atomic mass is 35.5. The Morgan fingerprint density at radius 3 is 2.84 bits per heavy atom. The Kier molecular flexibility index (Phi) is 4.52. The molecule has 5 nitrogen and oxygen atoms in total. The molecule has 0 spiro atoms. The predicted molar refractivity (Wildman–Crippen MR) is 75.2 cm³/mol. The first-order valence-electron chi connectivity index (χ1n) is 6.14. The normalized spacial score (nSPS) is 19.9. The first-order chi connectivity index (χ1) is 8.84. The molecular formula is C13H17ClN4O. The summed E-state index contributed by atoms with van der Waals surface area (Å²) in [6, 6.07) is 10.0. The first kappa shape index (κ1) is 14.0. The van der Waals surface area contributed by atoms with E-state index in [2.05, 4.69) is 27.4 Å². The van der Waals surface area contributed by atoms with Crippen LogP contribution in [0.1, 0.15) is 11.9 Å². The van der Waals surface area contributed by atoms with Crippen LogP contribution in [0.5, 0.6) is 0 Å². The number of hydrogen-bond acceptors (Lipinski definition) is 5. The van der Waals surface area contributed by atoms with Gasteiger partial charge in [0.15, 0.2) is 5.82 Å². The minimum absolute atomic E-state index is 0. The molecule has 0 aliphatic carbocycles. The summed E-state index contributed by atoms with van der Waals surface area (Å²) in [5.41, 5.74) is 0.961. The molecule has 1 fully saturated rings. The SMILES string of the molecule is CN1CCNCC1c1noc(-c2ccccc2)n1.Cl. The van der Waals surface area contributed by atoms with E-state index < -0.39 is 0 Å². The fourth-order valence-corrected chi connectivity index (χ4v) is 2.16. The van der Waals surface area contributed by atoms with E-state index in [0.717, 1.165) is 31.0 Å². The summed E-state index contributed by atoms with van der Waals surface area (Å²) in [4.78, 5) is 6.74.